The first-order valence-electron chi connectivity index (χ1n) is 7.60. The summed E-state index contributed by atoms with van der Waals surface area (Å²) in [6.45, 7) is 4.55. The van der Waals surface area contributed by atoms with Gasteiger partial charge in [-0.2, -0.15) is 0 Å². The maximum Gasteiger partial charge on any atom is 0.127 e. The zero-order valence-corrected chi connectivity index (χ0v) is 14.1. The minimum Gasteiger partial charge on any atom is -0.489 e. The van der Waals surface area contributed by atoms with Crippen molar-refractivity contribution >= 4 is 15.9 Å². The summed E-state index contributed by atoms with van der Waals surface area (Å²) in [5, 5.41) is 0. The second-order valence-electron chi connectivity index (χ2n) is 6.03. The van der Waals surface area contributed by atoms with Crippen molar-refractivity contribution in [2.75, 3.05) is 0 Å². The summed E-state index contributed by atoms with van der Waals surface area (Å²) in [5.74, 6) is 0.993. The van der Waals surface area contributed by atoms with Crippen molar-refractivity contribution in [2.45, 2.75) is 37.6 Å². The van der Waals surface area contributed by atoms with E-state index in [-0.39, 0.29) is 11.5 Å². The van der Waals surface area contributed by atoms with E-state index in [1.165, 1.54) is 11.1 Å². The lowest BCUT2D eigenvalue weighted by molar-refractivity contribution is -0.0239. The van der Waals surface area contributed by atoms with Crippen LogP contribution in [0.2, 0.25) is 0 Å². The van der Waals surface area contributed by atoms with Gasteiger partial charge in [-0.15, -0.1) is 0 Å². The highest BCUT2D eigenvalue weighted by molar-refractivity contribution is 9.09. The molecule has 1 aliphatic carbocycles. The van der Waals surface area contributed by atoms with Gasteiger partial charge in [0.2, 0.25) is 0 Å². The van der Waals surface area contributed by atoms with Crippen LogP contribution in [0.5, 0.6) is 5.75 Å². The van der Waals surface area contributed by atoms with E-state index in [9.17, 15) is 0 Å². The summed E-state index contributed by atoms with van der Waals surface area (Å²) >= 11 is 3.78. The Morgan fingerprint density at radius 2 is 1.76 bits per heavy atom. The molecule has 3 rings (SSSR count). The van der Waals surface area contributed by atoms with Crippen molar-refractivity contribution in [3.05, 3.63) is 54.6 Å². The van der Waals surface area contributed by atoms with Crippen molar-refractivity contribution in [3.63, 3.8) is 0 Å². The number of rotatable bonds is 4. The molecule has 2 aromatic carbocycles. The molecule has 1 nitrogen and oxygen atoms in total. The summed E-state index contributed by atoms with van der Waals surface area (Å²) in [6, 6.07) is 18.8. The third-order valence-electron chi connectivity index (χ3n) is 4.88. The van der Waals surface area contributed by atoms with E-state index in [2.05, 4.69) is 78.3 Å². The van der Waals surface area contributed by atoms with E-state index in [1.54, 1.807) is 0 Å². The molecular formula is C19H21BrO. The van der Waals surface area contributed by atoms with Crippen LogP contribution in [0.25, 0.3) is 11.1 Å². The molecule has 110 valence electrons. The molecular weight excluding hydrogens is 324 g/mol. The molecule has 2 aromatic rings. The molecule has 0 aromatic heterocycles. The Hall–Kier alpha value is -1.28. The van der Waals surface area contributed by atoms with Gasteiger partial charge in [-0.1, -0.05) is 78.3 Å². The lowest BCUT2D eigenvalue weighted by Crippen LogP contribution is -2.54. The van der Waals surface area contributed by atoms with E-state index in [4.69, 9.17) is 4.74 Å². The zero-order valence-electron chi connectivity index (χ0n) is 12.6. The lowest BCUT2D eigenvalue weighted by Gasteiger charge is -2.50. The average Bonchev–Trinajstić information content (AvgIpc) is 2.55. The van der Waals surface area contributed by atoms with Crippen molar-refractivity contribution in [3.8, 4) is 16.9 Å². The maximum atomic E-state index is 6.38. The van der Waals surface area contributed by atoms with Gasteiger partial charge >= 0.3 is 0 Å². The molecule has 3 unspecified atom stereocenters. The van der Waals surface area contributed by atoms with Gasteiger partial charge in [-0.3, -0.25) is 0 Å². The van der Waals surface area contributed by atoms with Crippen molar-refractivity contribution in [2.24, 2.45) is 5.41 Å². The fraction of sp³-hybridized carbons (Fsp3) is 0.368. The molecule has 1 saturated carbocycles. The van der Waals surface area contributed by atoms with Crippen LogP contribution in [-0.4, -0.2) is 10.9 Å². The van der Waals surface area contributed by atoms with Gasteiger partial charge in [0, 0.05) is 15.8 Å². The summed E-state index contributed by atoms with van der Waals surface area (Å²) in [5.41, 5.74) is 2.61. The first-order valence-corrected chi connectivity index (χ1v) is 8.52. The number of benzene rings is 2. The largest absolute Gasteiger partial charge is 0.489 e. The number of hydrogen-bond donors (Lipinski definition) is 0. The molecule has 0 bridgehead atoms. The van der Waals surface area contributed by atoms with Crippen molar-refractivity contribution < 1.29 is 4.74 Å². The Labute approximate surface area is 135 Å². The van der Waals surface area contributed by atoms with Crippen molar-refractivity contribution in [1.29, 1.82) is 0 Å². The van der Waals surface area contributed by atoms with Gasteiger partial charge in [-0.05, 0) is 24.5 Å². The van der Waals surface area contributed by atoms with E-state index >= 15 is 0 Å². The standard InChI is InChI=1S/C19H21BrO/c1-3-19(2)17(20)13-18(19)21-16-12-8-7-11-15(16)14-9-5-4-6-10-14/h4-12,17-18H,3,13H2,1-2H3. The number of para-hydroxylation sites is 1. The Kier molecular flexibility index (Phi) is 4.08. The normalized spacial score (nSPS) is 28.0. The van der Waals surface area contributed by atoms with Crippen LogP contribution in [0, 0.1) is 5.41 Å². The first kappa shape index (κ1) is 14.6. The predicted molar refractivity (Wildman–Crippen MR) is 92.0 cm³/mol. The zero-order chi connectivity index (χ0) is 14.9. The first-order chi connectivity index (χ1) is 10.1. The number of alkyl halides is 1. The SMILES string of the molecule is CCC1(C)C(Br)CC1Oc1ccccc1-c1ccccc1. The van der Waals surface area contributed by atoms with E-state index in [0.717, 1.165) is 18.6 Å². The monoisotopic (exact) mass is 344 g/mol. The highest BCUT2D eigenvalue weighted by Crippen LogP contribution is 2.50. The summed E-state index contributed by atoms with van der Waals surface area (Å²) in [4.78, 5) is 0.559. The smallest absolute Gasteiger partial charge is 0.127 e. The summed E-state index contributed by atoms with van der Waals surface area (Å²) in [6.07, 6.45) is 2.49. The summed E-state index contributed by atoms with van der Waals surface area (Å²) in [7, 11) is 0. The van der Waals surface area contributed by atoms with E-state index in [1.807, 2.05) is 6.07 Å². The topological polar surface area (TPSA) is 9.23 Å². The number of hydrogen-bond acceptors (Lipinski definition) is 1. The Morgan fingerprint density at radius 3 is 2.43 bits per heavy atom. The van der Waals surface area contributed by atoms with Crippen LogP contribution in [0.1, 0.15) is 26.7 Å². The fourth-order valence-electron chi connectivity index (χ4n) is 2.98. The van der Waals surface area contributed by atoms with Crippen LogP contribution in [0.15, 0.2) is 54.6 Å². The van der Waals surface area contributed by atoms with Gasteiger partial charge < -0.3 is 4.74 Å². The molecule has 0 N–H and O–H groups in total. The van der Waals surface area contributed by atoms with Crippen LogP contribution in [-0.2, 0) is 0 Å². The van der Waals surface area contributed by atoms with Gasteiger partial charge in [0.25, 0.3) is 0 Å². The third kappa shape index (κ3) is 2.62. The molecule has 0 aliphatic heterocycles. The summed E-state index contributed by atoms with van der Waals surface area (Å²) < 4.78 is 6.38. The van der Waals surface area contributed by atoms with Crippen LogP contribution in [0.3, 0.4) is 0 Å². The molecule has 0 amide bonds. The molecule has 1 aliphatic rings. The Balaban J connectivity index is 1.88. The fourth-order valence-corrected chi connectivity index (χ4v) is 3.94. The maximum absolute atomic E-state index is 6.38. The van der Waals surface area contributed by atoms with E-state index < -0.39 is 0 Å². The van der Waals surface area contributed by atoms with E-state index in [0.29, 0.717) is 4.83 Å². The molecule has 21 heavy (non-hydrogen) atoms. The second kappa shape index (κ2) is 5.84. The molecule has 3 atom stereocenters. The van der Waals surface area contributed by atoms with Crippen molar-refractivity contribution in [1.82, 2.24) is 0 Å². The highest BCUT2D eigenvalue weighted by Gasteiger charge is 2.51. The Morgan fingerprint density at radius 1 is 1.10 bits per heavy atom. The van der Waals surface area contributed by atoms with Crippen LogP contribution >= 0.6 is 15.9 Å². The Bertz CT molecular complexity index is 610. The third-order valence-corrected chi connectivity index (χ3v) is 6.29. The minimum absolute atomic E-state index is 0.226. The molecule has 0 radical (unpaired) electrons. The lowest BCUT2D eigenvalue weighted by atomic mass is 9.65. The second-order valence-corrected chi connectivity index (χ2v) is 7.14. The molecule has 2 heteroatoms. The molecule has 0 spiro atoms. The van der Waals surface area contributed by atoms with Gasteiger partial charge in [-0.25, -0.2) is 0 Å². The van der Waals surface area contributed by atoms with Gasteiger partial charge in [0.05, 0.1) is 0 Å². The van der Waals surface area contributed by atoms with Crippen LogP contribution in [0.4, 0.5) is 0 Å². The predicted octanol–water partition coefficient (Wildman–Crippen LogP) is 5.68. The minimum atomic E-state index is 0.226. The number of ether oxygens (including phenoxy) is 1. The molecule has 0 saturated heterocycles. The molecule has 1 fully saturated rings. The van der Waals surface area contributed by atoms with Gasteiger partial charge in [0.15, 0.2) is 0 Å². The van der Waals surface area contributed by atoms with Crippen LogP contribution < -0.4 is 4.74 Å². The molecule has 0 heterocycles. The highest BCUT2D eigenvalue weighted by atomic mass is 79.9. The number of halogens is 1. The van der Waals surface area contributed by atoms with Gasteiger partial charge in [0.1, 0.15) is 11.9 Å². The average molecular weight is 345 g/mol. The quantitative estimate of drug-likeness (QED) is 0.648.